The first-order valence-corrected chi connectivity index (χ1v) is 13.9. The lowest BCUT2D eigenvalue weighted by Gasteiger charge is -2.36. The molecule has 0 unspecified atom stereocenters. The molecule has 1 aliphatic carbocycles. The lowest BCUT2D eigenvalue weighted by Crippen LogP contribution is -2.49. The van der Waals surface area contributed by atoms with Gasteiger partial charge in [-0.25, -0.2) is 4.79 Å². The molecule has 4 atom stereocenters. The molecule has 2 aromatic carbocycles. The van der Waals surface area contributed by atoms with Crippen molar-refractivity contribution in [2.24, 2.45) is 17.3 Å². The van der Waals surface area contributed by atoms with Gasteiger partial charge in [0, 0.05) is 28.9 Å². The summed E-state index contributed by atoms with van der Waals surface area (Å²) in [4.78, 5) is 28.8. The number of carbonyl (C=O) groups is 2. The standard InChI is InChI=1S/C30H36BrN3O3/c1-30(2,3)24-25(33-18-22-16-23(31)15-14-21(22)17-32)26(19-10-6-4-7-11-19)34(27(24)29(36)37)28(35)20-12-8-5-9-13-20/h4,6-7,10-11,14-16,20,24-27,33H,5,8-9,12-13,18H2,1-3H3,(H,36,37)/t24-,25-,26-,27-/m1/s1. The number of aliphatic carboxylic acids is 1. The van der Waals surface area contributed by atoms with Crippen molar-refractivity contribution in [2.45, 2.75) is 77.5 Å². The fraction of sp³-hybridized carbons (Fsp3) is 0.500. The lowest BCUT2D eigenvalue weighted by molar-refractivity contribution is -0.154. The number of carbonyl (C=O) groups excluding carboxylic acids is 1. The number of amides is 1. The van der Waals surface area contributed by atoms with E-state index in [9.17, 15) is 20.0 Å². The molecule has 0 bridgehead atoms. The molecule has 7 heteroatoms. The van der Waals surface area contributed by atoms with E-state index in [4.69, 9.17) is 0 Å². The molecule has 1 saturated heterocycles. The summed E-state index contributed by atoms with van der Waals surface area (Å²) in [5, 5.41) is 23.9. The van der Waals surface area contributed by atoms with Crippen LogP contribution < -0.4 is 5.32 Å². The van der Waals surface area contributed by atoms with Crippen LogP contribution in [-0.4, -0.2) is 34.0 Å². The smallest absolute Gasteiger partial charge is 0.326 e. The predicted molar refractivity (Wildman–Crippen MR) is 146 cm³/mol. The van der Waals surface area contributed by atoms with Gasteiger partial charge in [0.2, 0.25) is 5.91 Å². The Balaban J connectivity index is 1.81. The molecule has 196 valence electrons. The average Bonchev–Trinajstić information content (AvgIpc) is 3.24. The zero-order valence-corrected chi connectivity index (χ0v) is 23.4. The van der Waals surface area contributed by atoms with Crippen LogP contribution in [0, 0.1) is 28.6 Å². The van der Waals surface area contributed by atoms with E-state index in [2.05, 4.69) is 48.1 Å². The van der Waals surface area contributed by atoms with E-state index >= 15 is 0 Å². The monoisotopic (exact) mass is 565 g/mol. The number of carboxylic acids is 1. The molecule has 6 nitrogen and oxygen atoms in total. The first kappa shape index (κ1) is 27.3. The van der Waals surface area contributed by atoms with Gasteiger partial charge in [0.1, 0.15) is 6.04 Å². The number of nitriles is 1. The summed E-state index contributed by atoms with van der Waals surface area (Å²) in [7, 11) is 0. The molecule has 37 heavy (non-hydrogen) atoms. The maximum atomic E-state index is 14.1. The quantitative estimate of drug-likeness (QED) is 0.444. The Morgan fingerprint density at radius 2 is 1.78 bits per heavy atom. The number of halogens is 1. The highest BCUT2D eigenvalue weighted by atomic mass is 79.9. The molecule has 0 aromatic heterocycles. The second kappa shape index (κ2) is 11.4. The van der Waals surface area contributed by atoms with Crippen LogP contribution in [0.3, 0.4) is 0 Å². The molecule has 2 aromatic rings. The Hall–Kier alpha value is -2.69. The summed E-state index contributed by atoms with van der Waals surface area (Å²) in [6, 6.07) is 15.9. The Bertz CT molecular complexity index is 1160. The predicted octanol–water partition coefficient (Wildman–Crippen LogP) is 6.06. The molecule has 0 spiro atoms. The topological polar surface area (TPSA) is 93.4 Å². The van der Waals surface area contributed by atoms with Gasteiger partial charge in [0.05, 0.1) is 17.7 Å². The van der Waals surface area contributed by atoms with Crippen LogP contribution in [0.2, 0.25) is 0 Å². The summed E-state index contributed by atoms with van der Waals surface area (Å²) < 4.78 is 0.874. The van der Waals surface area contributed by atoms with Gasteiger partial charge in [0.25, 0.3) is 0 Å². The third-order valence-electron chi connectivity index (χ3n) is 7.99. The molecule has 2 N–H and O–H groups in total. The number of hydrogen-bond donors (Lipinski definition) is 2. The van der Waals surface area contributed by atoms with Crippen molar-refractivity contribution in [2.75, 3.05) is 0 Å². The maximum Gasteiger partial charge on any atom is 0.326 e. The van der Waals surface area contributed by atoms with E-state index < -0.39 is 23.5 Å². The second-order valence-corrected chi connectivity index (χ2v) is 12.3. The third kappa shape index (κ3) is 5.76. The molecular weight excluding hydrogens is 530 g/mol. The van der Waals surface area contributed by atoms with E-state index in [0.29, 0.717) is 12.1 Å². The van der Waals surface area contributed by atoms with Gasteiger partial charge in [-0.05, 0) is 47.6 Å². The van der Waals surface area contributed by atoms with Crippen molar-refractivity contribution >= 4 is 27.8 Å². The van der Waals surface area contributed by atoms with Gasteiger partial charge in [-0.3, -0.25) is 4.79 Å². The highest BCUT2D eigenvalue weighted by molar-refractivity contribution is 9.10. The first-order chi connectivity index (χ1) is 17.6. The Morgan fingerprint density at radius 1 is 1.11 bits per heavy atom. The normalized spacial score (nSPS) is 24.6. The minimum absolute atomic E-state index is 0.0420. The molecule has 2 fully saturated rings. The van der Waals surface area contributed by atoms with Crippen molar-refractivity contribution in [3.63, 3.8) is 0 Å². The van der Waals surface area contributed by atoms with Crippen LogP contribution in [0.15, 0.2) is 53.0 Å². The molecule has 2 aliphatic rings. The fourth-order valence-electron chi connectivity index (χ4n) is 6.33. The zero-order valence-electron chi connectivity index (χ0n) is 21.8. The number of carboxylic acid groups (broad SMARTS) is 1. The summed E-state index contributed by atoms with van der Waals surface area (Å²) in [5.74, 6) is -1.49. The van der Waals surface area contributed by atoms with E-state index in [-0.39, 0.29) is 23.8 Å². The largest absolute Gasteiger partial charge is 0.480 e. The second-order valence-electron chi connectivity index (χ2n) is 11.4. The first-order valence-electron chi connectivity index (χ1n) is 13.2. The van der Waals surface area contributed by atoms with Gasteiger partial charge in [0.15, 0.2) is 0 Å². The Morgan fingerprint density at radius 3 is 2.38 bits per heavy atom. The van der Waals surface area contributed by atoms with Crippen LogP contribution in [0.25, 0.3) is 0 Å². The number of nitrogens with one attached hydrogen (secondary N) is 1. The molecule has 4 rings (SSSR count). The summed E-state index contributed by atoms with van der Waals surface area (Å²) in [6.45, 7) is 6.55. The van der Waals surface area contributed by atoms with Crippen molar-refractivity contribution in [3.05, 3.63) is 69.7 Å². The van der Waals surface area contributed by atoms with Gasteiger partial charge >= 0.3 is 5.97 Å². The van der Waals surface area contributed by atoms with Crippen LogP contribution >= 0.6 is 15.9 Å². The minimum atomic E-state index is -0.963. The van der Waals surface area contributed by atoms with Crippen molar-refractivity contribution in [3.8, 4) is 6.07 Å². The summed E-state index contributed by atoms with van der Waals surface area (Å²) in [6.07, 6.45) is 4.75. The number of likely N-dealkylation sites (tertiary alicyclic amines) is 1. The number of benzene rings is 2. The maximum absolute atomic E-state index is 14.1. The Kier molecular flexibility index (Phi) is 8.40. The molecule has 0 radical (unpaired) electrons. The van der Waals surface area contributed by atoms with Crippen molar-refractivity contribution in [1.82, 2.24) is 10.2 Å². The van der Waals surface area contributed by atoms with E-state index in [1.165, 1.54) is 0 Å². The fourth-order valence-corrected chi connectivity index (χ4v) is 6.74. The molecule has 1 heterocycles. The van der Waals surface area contributed by atoms with Gasteiger partial charge < -0.3 is 15.3 Å². The van der Waals surface area contributed by atoms with E-state index in [1.54, 1.807) is 11.0 Å². The molecular formula is C30H36BrN3O3. The van der Waals surface area contributed by atoms with Crippen molar-refractivity contribution in [1.29, 1.82) is 5.26 Å². The molecule has 1 aliphatic heterocycles. The molecule has 1 amide bonds. The van der Waals surface area contributed by atoms with Gasteiger partial charge in [-0.15, -0.1) is 0 Å². The van der Waals surface area contributed by atoms with Crippen molar-refractivity contribution < 1.29 is 14.7 Å². The number of nitrogens with zero attached hydrogens (tertiary/aromatic N) is 2. The summed E-state index contributed by atoms with van der Waals surface area (Å²) >= 11 is 3.50. The highest BCUT2D eigenvalue weighted by Gasteiger charge is 2.58. The minimum Gasteiger partial charge on any atom is -0.480 e. The van der Waals surface area contributed by atoms with E-state index in [0.717, 1.165) is 47.7 Å². The SMILES string of the molecule is CC(C)(C)[C@@H]1[C@@H](NCc2cc(Br)ccc2C#N)[C@@H](c2ccccc2)N(C(=O)C2CCCCC2)[C@H]1C(=O)O. The highest BCUT2D eigenvalue weighted by Crippen LogP contribution is 2.49. The van der Waals surface area contributed by atoms with Crippen LogP contribution in [0.1, 0.15) is 75.6 Å². The van der Waals surface area contributed by atoms with Gasteiger partial charge in [-0.1, -0.05) is 86.3 Å². The van der Waals surface area contributed by atoms with Crippen LogP contribution in [0.4, 0.5) is 0 Å². The molecule has 1 saturated carbocycles. The van der Waals surface area contributed by atoms with Crippen LogP contribution in [-0.2, 0) is 16.1 Å². The zero-order chi connectivity index (χ0) is 26.7. The van der Waals surface area contributed by atoms with E-state index in [1.807, 2.05) is 42.5 Å². The van der Waals surface area contributed by atoms with Crippen LogP contribution in [0.5, 0.6) is 0 Å². The van der Waals surface area contributed by atoms with Gasteiger partial charge in [-0.2, -0.15) is 5.26 Å². The number of rotatable bonds is 6. The Labute approximate surface area is 228 Å². The summed E-state index contributed by atoms with van der Waals surface area (Å²) in [5.41, 5.74) is 1.93. The number of hydrogen-bond acceptors (Lipinski definition) is 4. The average molecular weight is 567 g/mol. The third-order valence-corrected chi connectivity index (χ3v) is 8.48. The lowest BCUT2D eigenvalue weighted by atomic mass is 9.72.